The number of unbranched alkanes of at least 4 members (excludes halogenated alkanes) is 1. The minimum Gasteiger partial charge on any atom is -0.507 e. The van der Waals surface area contributed by atoms with Crippen molar-refractivity contribution in [1.82, 2.24) is 4.57 Å². The number of nitrogens with zero attached hydrogens (tertiary/aromatic N) is 1. The average molecular weight is 460 g/mol. The Bertz CT molecular complexity index is 1220. The largest absolute Gasteiger partial charge is 0.507 e. The molecule has 1 heterocycles. The smallest absolute Gasteiger partial charge is 0.127 e. The van der Waals surface area contributed by atoms with Crippen LogP contribution in [0.1, 0.15) is 42.0 Å². The SMILES string of the molecule is CCCCc1ccc(O)c(Cn2cc(CC(O)COCc3ccccc3)c3ccccc32)c1O. The summed E-state index contributed by atoms with van der Waals surface area (Å²) in [5.74, 6) is 0.258. The molecule has 0 saturated heterocycles. The number of aromatic nitrogens is 1. The van der Waals surface area contributed by atoms with Gasteiger partial charge in [0.25, 0.3) is 0 Å². The second-order valence-corrected chi connectivity index (χ2v) is 8.83. The molecule has 34 heavy (non-hydrogen) atoms. The molecule has 1 atom stereocenters. The van der Waals surface area contributed by atoms with Crippen LogP contribution in [0.2, 0.25) is 0 Å². The summed E-state index contributed by atoms with van der Waals surface area (Å²) in [5, 5.41) is 33.0. The van der Waals surface area contributed by atoms with E-state index in [0.29, 0.717) is 25.1 Å². The van der Waals surface area contributed by atoms with E-state index >= 15 is 0 Å². The number of hydrogen-bond donors (Lipinski definition) is 3. The fourth-order valence-corrected chi connectivity index (χ4v) is 4.39. The van der Waals surface area contributed by atoms with Gasteiger partial charge < -0.3 is 24.6 Å². The molecule has 4 rings (SSSR count). The minimum atomic E-state index is -0.637. The number of aryl methyl sites for hydroxylation is 1. The third kappa shape index (κ3) is 5.61. The van der Waals surface area contributed by atoms with Gasteiger partial charge in [-0.15, -0.1) is 0 Å². The Labute approximate surface area is 200 Å². The lowest BCUT2D eigenvalue weighted by molar-refractivity contribution is 0.0290. The second-order valence-electron chi connectivity index (χ2n) is 8.83. The van der Waals surface area contributed by atoms with Crippen molar-refractivity contribution < 1.29 is 20.1 Å². The standard InChI is InChI=1S/C29H33NO4/c1-2-3-11-22-14-15-28(32)26(29(22)33)18-30-17-23(25-12-7-8-13-27(25)30)16-24(31)20-34-19-21-9-5-4-6-10-21/h4-10,12-15,17,24,31-33H,2-3,11,16,18-20H2,1H3. The van der Waals surface area contributed by atoms with Crippen LogP contribution in [0.4, 0.5) is 0 Å². The van der Waals surface area contributed by atoms with Gasteiger partial charge in [0.1, 0.15) is 11.5 Å². The lowest BCUT2D eigenvalue weighted by Crippen LogP contribution is -2.18. The minimum absolute atomic E-state index is 0.0893. The number of phenols is 2. The van der Waals surface area contributed by atoms with Gasteiger partial charge in [0.2, 0.25) is 0 Å². The Morgan fingerprint density at radius 1 is 0.912 bits per heavy atom. The Balaban J connectivity index is 1.51. The van der Waals surface area contributed by atoms with E-state index in [0.717, 1.165) is 46.9 Å². The van der Waals surface area contributed by atoms with Crippen molar-refractivity contribution in [3.63, 3.8) is 0 Å². The molecule has 0 amide bonds. The van der Waals surface area contributed by atoms with Crippen LogP contribution < -0.4 is 0 Å². The first-order chi connectivity index (χ1) is 16.6. The normalized spacial score (nSPS) is 12.3. The highest BCUT2D eigenvalue weighted by molar-refractivity contribution is 5.84. The van der Waals surface area contributed by atoms with Crippen LogP contribution in [0.15, 0.2) is 72.9 Å². The van der Waals surface area contributed by atoms with Crippen molar-refractivity contribution in [2.75, 3.05) is 6.61 Å². The van der Waals surface area contributed by atoms with Gasteiger partial charge >= 0.3 is 0 Å². The molecule has 1 unspecified atom stereocenters. The third-order valence-corrected chi connectivity index (χ3v) is 6.22. The summed E-state index contributed by atoms with van der Waals surface area (Å²) in [4.78, 5) is 0. The van der Waals surface area contributed by atoms with E-state index in [9.17, 15) is 15.3 Å². The maximum Gasteiger partial charge on any atom is 0.127 e. The molecule has 5 nitrogen and oxygen atoms in total. The number of hydrogen-bond acceptors (Lipinski definition) is 4. The van der Waals surface area contributed by atoms with Gasteiger partial charge in [-0.2, -0.15) is 0 Å². The van der Waals surface area contributed by atoms with Crippen molar-refractivity contribution in [2.45, 2.75) is 51.9 Å². The number of rotatable bonds is 11. The number of para-hydroxylation sites is 1. The molecule has 5 heteroatoms. The lowest BCUT2D eigenvalue weighted by Gasteiger charge is -2.13. The molecule has 0 fully saturated rings. The van der Waals surface area contributed by atoms with Gasteiger partial charge in [-0.3, -0.25) is 0 Å². The molecule has 0 aliphatic heterocycles. The average Bonchev–Trinajstić information content (AvgIpc) is 3.19. The van der Waals surface area contributed by atoms with E-state index in [1.165, 1.54) is 0 Å². The number of benzene rings is 3. The van der Waals surface area contributed by atoms with Crippen molar-refractivity contribution in [3.05, 3.63) is 95.2 Å². The van der Waals surface area contributed by atoms with E-state index in [4.69, 9.17) is 4.74 Å². The fourth-order valence-electron chi connectivity index (χ4n) is 4.39. The number of phenolic OH excluding ortho intramolecular Hbond substituents is 2. The molecule has 0 radical (unpaired) electrons. The maximum absolute atomic E-state index is 10.8. The molecule has 0 spiro atoms. The van der Waals surface area contributed by atoms with Crippen LogP contribution in [0.3, 0.4) is 0 Å². The molecule has 0 bridgehead atoms. The number of ether oxygens (including phenoxy) is 1. The Hall–Kier alpha value is -3.28. The molecule has 1 aromatic heterocycles. The summed E-state index contributed by atoms with van der Waals surface area (Å²) in [6, 6.07) is 21.4. The molecule has 0 aliphatic carbocycles. The second kappa shape index (κ2) is 11.2. The highest BCUT2D eigenvalue weighted by Crippen LogP contribution is 2.34. The first-order valence-corrected chi connectivity index (χ1v) is 12.0. The zero-order chi connectivity index (χ0) is 23.9. The lowest BCUT2D eigenvalue weighted by atomic mass is 10.0. The maximum atomic E-state index is 10.8. The van der Waals surface area contributed by atoms with Gasteiger partial charge in [0, 0.05) is 23.5 Å². The van der Waals surface area contributed by atoms with Crippen molar-refractivity contribution in [1.29, 1.82) is 0 Å². The molecule has 3 N–H and O–H groups in total. The molecule has 3 aromatic carbocycles. The number of aliphatic hydroxyl groups excluding tert-OH is 1. The number of fused-ring (bicyclic) bond motifs is 1. The first-order valence-electron chi connectivity index (χ1n) is 12.0. The van der Waals surface area contributed by atoms with Crippen molar-refractivity contribution in [2.24, 2.45) is 0 Å². The van der Waals surface area contributed by atoms with E-state index in [-0.39, 0.29) is 18.1 Å². The monoisotopic (exact) mass is 459 g/mol. The highest BCUT2D eigenvalue weighted by atomic mass is 16.5. The van der Waals surface area contributed by atoms with E-state index < -0.39 is 6.10 Å². The van der Waals surface area contributed by atoms with Gasteiger partial charge in [-0.05, 0) is 41.7 Å². The number of aromatic hydroxyl groups is 2. The van der Waals surface area contributed by atoms with Crippen LogP contribution in [0, 0.1) is 0 Å². The van der Waals surface area contributed by atoms with Gasteiger partial charge in [0.15, 0.2) is 0 Å². The summed E-state index contributed by atoms with van der Waals surface area (Å²) >= 11 is 0. The topological polar surface area (TPSA) is 74.9 Å². The van der Waals surface area contributed by atoms with Crippen molar-refractivity contribution >= 4 is 10.9 Å². The molecular weight excluding hydrogens is 426 g/mol. The van der Waals surface area contributed by atoms with E-state index in [1.54, 1.807) is 12.1 Å². The fraction of sp³-hybridized carbons (Fsp3) is 0.310. The zero-order valence-corrected chi connectivity index (χ0v) is 19.7. The molecular formula is C29H33NO4. The highest BCUT2D eigenvalue weighted by Gasteiger charge is 2.17. The predicted octanol–water partition coefficient (Wildman–Crippen LogP) is 5.56. The van der Waals surface area contributed by atoms with Crippen molar-refractivity contribution in [3.8, 4) is 11.5 Å². The molecule has 4 aromatic rings. The van der Waals surface area contributed by atoms with E-state index in [1.807, 2.05) is 65.4 Å². The summed E-state index contributed by atoms with van der Waals surface area (Å²) in [6.45, 7) is 3.17. The Kier molecular flexibility index (Phi) is 7.88. The van der Waals surface area contributed by atoms with Gasteiger partial charge in [-0.25, -0.2) is 0 Å². The summed E-state index contributed by atoms with van der Waals surface area (Å²) in [5.41, 5.74) is 4.46. The van der Waals surface area contributed by atoms with Crippen LogP contribution in [-0.4, -0.2) is 32.6 Å². The molecule has 0 saturated carbocycles. The first kappa shape index (κ1) is 23.9. The Morgan fingerprint density at radius 3 is 2.47 bits per heavy atom. The Morgan fingerprint density at radius 2 is 1.68 bits per heavy atom. The molecule has 0 aliphatic rings. The number of aliphatic hydroxyl groups is 1. The van der Waals surface area contributed by atoms with Crippen LogP contribution in [0.5, 0.6) is 11.5 Å². The van der Waals surface area contributed by atoms with Crippen LogP contribution in [-0.2, 0) is 30.7 Å². The van der Waals surface area contributed by atoms with Crippen LogP contribution >= 0.6 is 0 Å². The van der Waals surface area contributed by atoms with Gasteiger partial charge in [0.05, 0.1) is 31.4 Å². The summed E-state index contributed by atoms with van der Waals surface area (Å²) in [6.07, 6.45) is 4.63. The quantitative estimate of drug-likeness (QED) is 0.274. The predicted molar refractivity (Wildman–Crippen MR) is 135 cm³/mol. The summed E-state index contributed by atoms with van der Waals surface area (Å²) in [7, 11) is 0. The third-order valence-electron chi connectivity index (χ3n) is 6.22. The van der Waals surface area contributed by atoms with Gasteiger partial charge in [-0.1, -0.05) is 67.9 Å². The van der Waals surface area contributed by atoms with E-state index in [2.05, 4.69) is 6.92 Å². The zero-order valence-electron chi connectivity index (χ0n) is 19.7. The van der Waals surface area contributed by atoms with Crippen LogP contribution in [0.25, 0.3) is 10.9 Å². The molecule has 178 valence electrons. The summed E-state index contributed by atoms with van der Waals surface area (Å²) < 4.78 is 7.75.